The number of anilines is 1. The van der Waals surface area contributed by atoms with Crippen LogP contribution in [0, 0.1) is 6.92 Å². The average molecular weight is 420 g/mol. The predicted octanol–water partition coefficient (Wildman–Crippen LogP) is 1.29. The van der Waals surface area contributed by atoms with E-state index in [1.54, 1.807) is 0 Å². The largest absolute Gasteiger partial charge is 0.369 e. The number of nitrogens with one attached hydrogen (secondary N) is 1. The van der Waals surface area contributed by atoms with E-state index in [2.05, 4.69) is 22.0 Å². The van der Waals surface area contributed by atoms with Crippen LogP contribution in [0.1, 0.15) is 5.56 Å². The first-order valence-electron chi connectivity index (χ1n) is 8.61. The molecule has 2 aliphatic heterocycles. The van der Waals surface area contributed by atoms with Gasteiger partial charge in [0.2, 0.25) is 5.91 Å². The number of hydrogen-bond donors (Lipinski definition) is 1. The number of piperazine rings is 1. The molecule has 2 atom stereocenters. The summed E-state index contributed by atoms with van der Waals surface area (Å²) in [4.78, 5) is 16.6. The minimum absolute atomic E-state index is 0.0723. The van der Waals surface area contributed by atoms with Crippen molar-refractivity contribution in [3.8, 4) is 0 Å². The molecule has 3 rings (SSSR count). The zero-order valence-corrected chi connectivity index (χ0v) is 16.9. The Morgan fingerprint density at radius 2 is 1.92 bits per heavy atom. The molecule has 26 heavy (non-hydrogen) atoms. The first-order chi connectivity index (χ1) is 12.2. The zero-order chi connectivity index (χ0) is 18.9. The van der Waals surface area contributed by atoms with E-state index in [1.165, 1.54) is 5.56 Å². The molecule has 1 aromatic rings. The van der Waals surface area contributed by atoms with Crippen LogP contribution in [0.25, 0.3) is 0 Å². The van der Waals surface area contributed by atoms with Crippen molar-refractivity contribution in [3.63, 3.8) is 0 Å². The minimum atomic E-state index is -3.15. The summed E-state index contributed by atoms with van der Waals surface area (Å²) in [7, 11) is -3.15. The van der Waals surface area contributed by atoms with Crippen LogP contribution in [0.3, 0.4) is 0 Å². The van der Waals surface area contributed by atoms with Gasteiger partial charge in [0.05, 0.1) is 29.5 Å². The van der Waals surface area contributed by atoms with E-state index in [1.807, 2.05) is 18.2 Å². The number of aryl methyl sites for hydroxylation is 1. The molecule has 0 spiro atoms. The first kappa shape index (κ1) is 19.7. The molecular formula is C17H23Cl2N3O3S. The SMILES string of the molecule is Cc1ccc(Cl)cc1N1CCN(CC(=O)N[C@H]2CS(=O)(=O)C[C@H]2Cl)CC1. The van der Waals surface area contributed by atoms with Crippen molar-refractivity contribution in [2.24, 2.45) is 0 Å². The van der Waals surface area contributed by atoms with Crippen LogP contribution in [0.2, 0.25) is 5.02 Å². The van der Waals surface area contributed by atoms with E-state index in [4.69, 9.17) is 23.2 Å². The Hall–Kier alpha value is -1.02. The summed E-state index contributed by atoms with van der Waals surface area (Å²) >= 11 is 12.1. The first-order valence-corrected chi connectivity index (χ1v) is 11.2. The Kier molecular flexibility index (Phi) is 6.01. The van der Waals surface area contributed by atoms with Crippen molar-refractivity contribution >= 4 is 44.6 Å². The van der Waals surface area contributed by atoms with E-state index < -0.39 is 21.3 Å². The highest BCUT2D eigenvalue weighted by Gasteiger charge is 2.37. The summed E-state index contributed by atoms with van der Waals surface area (Å²) in [6.07, 6.45) is 0. The molecular weight excluding hydrogens is 397 g/mol. The molecule has 2 saturated heterocycles. The molecule has 0 unspecified atom stereocenters. The van der Waals surface area contributed by atoms with Gasteiger partial charge in [0.25, 0.3) is 0 Å². The molecule has 2 aliphatic rings. The van der Waals surface area contributed by atoms with Crippen LogP contribution in [0.5, 0.6) is 0 Å². The quantitative estimate of drug-likeness (QED) is 0.744. The monoisotopic (exact) mass is 419 g/mol. The van der Waals surface area contributed by atoms with Gasteiger partial charge in [-0.1, -0.05) is 17.7 Å². The summed E-state index contributed by atoms with van der Waals surface area (Å²) in [5.41, 5.74) is 2.30. The second kappa shape index (κ2) is 7.92. The Morgan fingerprint density at radius 1 is 1.23 bits per heavy atom. The van der Waals surface area contributed by atoms with Gasteiger partial charge in [-0.15, -0.1) is 11.6 Å². The van der Waals surface area contributed by atoms with Crippen molar-refractivity contribution in [2.45, 2.75) is 18.3 Å². The average Bonchev–Trinajstić information content (AvgIpc) is 2.82. The van der Waals surface area contributed by atoms with Gasteiger partial charge in [-0.25, -0.2) is 8.42 Å². The highest BCUT2D eigenvalue weighted by Crippen LogP contribution is 2.25. The maximum atomic E-state index is 12.2. The van der Waals surface area contributed by atoms with Crippen molar-refractivity contribution in [3.05, 3.63) is 28.8 Å². The Morgan fingerprint density at radius 3 is 2.54 bits per heavy atom. The number of sulfone groups is 1. The van der Waals surface area contributed by atoms with Crippen molar-refractivity contribution in [1.82, 2.24) is 10.2 Å². The number of nitrogens with zero attached hydrogens (tertiary/aromatic N) is 2. The molecule has 0 aromatic heterocycles. The van der Waals surface area contributed by atoms with Gasteiger partial charge in [-0.3, -0.25) is 9.69 Å². The normalized spacial score (nSPS) is 26.0. The lowest BCUT2D eigenvalue weighted by molar-refractivity contribution is -0.122. The van der Waals surface area contributed by atoms with Gasteiger partial charge in [-0.05, 0) is 24.6 Å². The minimum Gasteiger partial charge on any atom is -0.369 e. The van der Waals surface area contributed by atoms with Crippen LogP contribution in [-0.2, 0) is 14.6 Å². The molecule has 0 saturated carbocycles. The summed E-state index contributed by atoms with van der Waals surface area (Å²) in [6.45, 7) is 5.44. The number of hydrogen-bond acceptors (Lipinski definition) is 5. The number of halogens is 2. The predicted molar refractivity (Wildman–Crippen MR) is 105 cm³/mol. The summed E-state index contributed by atoms with van der Waals surface area (Å²) in [5, 5.41) is 2.94. The van der Waals surface area contributed by atoms with Crippen molar-refractivity contribution in [1.29, 1.82) is 0 Å². The molecule has 1 amide bonds. The third-order valence-electron chi connectivity index (χ3n) is 4.88. The lowest BCUT2D eigenvalue weighted by Crippen LogP contribution is -2.51. The summed E-state index contributed by atoms with van der Waals surface area (Å²) < 4.78 is 23.2. The molecule has 6 nitrogen and oxygen atoms in total. The third kappa shape index (κ3) is 4.82. The second-order valence-electron chi connectivity index (χ2n) is 6.96. The fourth-order valence-electron chi connectivity index (χ4n) is 3.46. The number of amides is 1. The lowest BCUT2D eigenvalue weighted by atomic mass is 10.1. The molecule has 0 radical (unpaired) electrons. The lowest BCUT2D eigenvalue weighted by Gasteiger charge is -2.36. The van der Waals surface area contributed by atoms with Gasteiger partial charge in [0.1, 0.15) is 0 Å². The number of benzene rings is 1. The van der Waals surface area contributed by atoms with Gasteiger partial charge in [0, 0.05) is 36.9 Å². The fraction of sp³-hybridized carbons (Fsp3) is 0.588. The molecule has 2 fully saturated rings. The van der Waals surface area contributed by atoms with E-state index in [0.29, 0.717) is 0 Å². The molecule has 1 N–H and O–H groups in total. The molecule has 9 heteroatoms. The fourth-order valence-corrected chi connectivity index (χ4v) is 6.18. The van der Waals surface area contributed by atoms with Crippen LogP contribution < -0.4 is 10.2 Å². The van der Waals surface area contributed by atoms with Crippen LogP contribution in [-0.4, -0.2) is 74.9 Å². The molecule has 2 heterocycles. The highest BCUT2D eigenvalue weighted by atomic mass is 35.5. The maximum Gasteiger partial charge on any atom is 0.234 e. The van der Waals surface area contributed by atoms with Crippen LogP contribution in [0.15, 0.2) is 18.2 Å². The standard InChI is InChI=1S/C17H23Cl2N3O3S/c1-12-2-3-13(18)8-16(12)22-6-4-21(5-7-22)9-17(23)20-15-11-26(24,25)10-14(15)19/h2-3,8,14-15H,4-7,9-11H2,1H3,(H,20,23)/t14-,15+/m1/s1. The van der Waals surface area contributed by atoms with Gasteiger partial charge >= 0.3 is 0 Å². The number of alkyl halides is 1. The Labute approximate surface area is 164 Å². The molecule has 144 valence electrons. The molecule has 1 aromatic carbocycles. The maximum absolute atomic E-state index is 12.2. The Bertz CT molecular complexity index is 779. The van der Waals surface area contributed by atoms with Crippen molar-refractivity contribution in [2.75, 3.05) is 49.1 Å². The van der Waals surface area contributed by atoms with Crippen LogP contribution >= 0.6 is 23.2 Å². The number of carbonyl (C=O) groups excluding carboxylic acids is 1. The topological polar surface area (TPSA) is 69.7 Å². The van der Waals surface area contributed by atoms with Gasteiger partial charge < -0.3 is 10.2 Å². The summed E-state index contributed by atoms with van der Waals surface area (Å²) in [6, 6.07) is 5.37. The second-order valence-corrected chi connectivity index (χ2v) is 10.1. The molecule has 0 aliphatic carbocycles. The van der Waals surface area contributed by atoms with Gasteiger partial charge in [0.15, 0.2) is 9.84 Å². The number of rotatable bonds is 4. The Balaban J connectivity index is 1.49. The molecule has 0 bridgehead atoms. The van der Waals surface area contributed by atoms with E-state index in [-0.39, 0.29) is 24.0 Å². The smallest absolute Gasteiger partial charge is 0.234 e. The highest BCUT2D eigenvalue weighted by molar-refractivity contribution is 7.91. The zero-order valence-electron chi connectivity index (χ0n) is 14.6. The van der Waals surface area contributed by atoms with Crippen molar-refractivity contribution < 1.29 is 13.2 Å². The number of carbonyl (C=O) groups is 1. The van der Waals surface area contributed by atoms with E-state index in [9.17, 15) is 13.2 Å². The van der Waals surface area contributed by atoms with Gasteiger partial charge in [-0.2, -0.15) is 0 Å². The van der Waals surface area contributed by atoms with E-state index >= 15 is 0 Å². The third-order valence-corrected chi connectivity index (χ3v) is 7.49. The summed E-state index contributed by atoms with van der Waals surface area (Å²) in [5.74, 6) is -0.323. The van der Waals surface area contributed by atoms with Crippen LogP contribution in [0.4, 0.5) is 5.69 Å². The van der Waals surface area contributed by atoms with E-state index in [0.717, 1.165) is 36.9 Å².